The third-order valence-electron chi connectivity index (χ3n) is 6.96. The summed E-state index contributed by atoms with van der Waals surface area (Å²) in [6.07, 6.45) is 2.01. The normalized spacial score (nSPS) is 17.1. The second-order valence-corrected chi connectivity index (χ2v) is 9.79. The van der Waals surface area contributed by atoms with Crippen molar-refractivity contribution >= 4 is 17.3 Å². The van der Waals surface area contributed by atoms with Gasteiger partial charge in [0.05, 0.1) is 6.61 Å². The van der Waals surface area contributed by atoms with Crippen molar-refractivity contribution < 1.29 is 5.11 Å². The molecule has 4 nitrogen and oxygen atoms in total. The number of rotatable bonds is 7. The largest absolute Gasteiger partial charge is 0.392 e. The number of nitrogens with one attached hydrogen (secondary N) is 1. The second-order valence-electron chi connectivity index (χ2n) is 9.38. The van der Waals surface area contributed by atoms with E-state index in [0.29, 0.717) is 5.02 Å². The summed E-state index contributed by atoms with van der Waals surface area (Å²) >= 11 is 6.29. The molecule has 166 valence electrons. The van der Waals surface area contributed by atoms with Gasteiger partial charge in [-0.3, -0.25) is 4.90 Å². The maximum absolute atomic E-state index is 9.34. The lowest BCUT2D eigenvalue weighted by Gasteiger charge is -2.36. The van der Waals surface area contributed by atoms with E-state index < -0.39 is 0 Å². The number of halogens is 1. The van der Waals surface area contributed by atoms with Gasteiger partial charge >= 0.3 is 0 Å². The van der Waals surface area contributed by atoms with Gasteiger partial charge in [-0.1, -0.05) is 48.5 Å². The Morgan fingerprint density at radius 2 is 1.94 bits per heavy atom. The summed E-state index contributed by atoms with van der Waals surface area (Å²) in [5.74, 6) is 0. The predicted molar refractivity (Wildman–Crippen MR) is 129 cm³/mol. The van der Waals surface area contributed by atoms with Crippen molar-refractivity contribution in [1.29, 1.82) is 0 Å². The molecular weight excluding hydrogens is 406 g/mol. The Labute approximate surface area is 191 Å². The van der Waals surface area contributed by atoms with Gasteiger partial charge in [-0.2, -0.15) is 0 Å². The molecule has 0 aliphatic carbocycles. The van der Waals surface area contributed by atoms with Crippen LogP contribution in [0.1, 0.15) is 48.1 Å². The highest BCUT2D eigenvalue weighted by Crippen LogP contribution is 2.36. The minimum Gasteiger partial charge on any atom is -0.392 e. The number of benzene rings is 2. The van der Waals surface area contributed by atoms with E-state index in [9.17, 15) is 5.11 Å². The molecule has 2 heterocycles. The standard InChI is InChI=1S/C26H34ClN3O/c1-19(29-13-11-28-12-14-29)23-6-4-5-21-16-30(17-24(21)23)26(2,3)10-9-20-7-8-22(18-31)25(27)15-20/h4-8,15,28,31H,1,9-14,16-18H2,2-3H3. The maximum atomic E-state index is 9.34. The van der Waals surface area contributed by atoms with Crippen molar-refractivity contribution in [3.63, 3.8) is 0 Å². The lowest BCUT2D eigenvalue weighted by Crippen LogP contribution is -2.42. The van der Waals surface area contributed by atoms with Gasteiger partial charge < -0.3 is 15.3 Å². The number of aliphatic hydroxyl groups is 1. The maximum Gasteiger partial charge on any atom is 0.0696 e. The van der Waals surface area contributed by atoms with E-state index in [4.69, 9.17) is 11.6 Å². The smallest absolute Gasteiger partial charge is 0.0696 e. The van der Waals surface area contributed by atoms with Crippen molar-refractivity contribution in [2.45, 2.75) is 51.9 Å². The summed E-state index contributed by atoms with van der Waals surface area (Å²) in [6.45, 7) is 15.2. The fourth-order valence-corrected chi connectivity index (χ4v) is 4.97. The Balaban J connectivity index is 1.45. The van der Waals surface area contributed by atoms with Crippen LogP contribution in [0, 0.1) is 0 Å². The molecule has 4 rings (SSSR count). The third kappa shape index (κ3) is 4.83. The number of fused-ring (bicyclic) bond motifs is 1. The Morgan fingerprint density at radius 3 is 2.65 bits per heavy atom. The molecule has 0 bridgehead atoms. The van der Waals surface area contributed by atoms with Gasteiger partial charge in [-0.25, -0.2) is 0 Å². The van der Waals surface area contributed by atoms with Crippen LogP contribution in [-0.2, 0) is 26.1 Å². The molecule has 31 heavy (non-hydrogen) atoms. The van der Waals surface area contributed by atoms with Crippen LogP contribution in [0.3, 0.4) is 0 Å². The molecule has 0 aromatic heterocycles. The molecule has 5 heteroatoms. The number of aliphatic hydroxyl groups excluding tert-OH is 1. The average molecular weight is 440 g/mol. The first-order chi connectivity index (χ1) is 14.9. The zero-order valence-corrected chi connectivity index (χ0v) is 19.5. The average Bonchev–Trinajstić information content (AvgIpc) is 3.23. The quantitative estimate of drug-likeness (QED) is 0.669. The van der Waals surface area contributed by atoms with E-state index in [0.717, 1.165) is 63.4 Å². The Morgan fingerprint density at radius 1 is 1.16 bits per heavy atom. The van der Waals surface area contributed by atoms with Crippen LogP contribution in [0.5, 0.6) is 0 Å². The van der Waals surface area contributed by atoms with E-state index >= 15 is 0 Å². The number of aryl methyl sites for hydroxylation is 1. The molecule has 2 aliphatic rings. The molecule has 0 radical (unpaired) electrons. The Hall–Kier alpha value is -1.85. The van der Waals surface area contributed by atoms with Crippen LogP contribution in [0.2, 0.25) is 5.02 Å². The highest BCUT2D eigenvalue weighted by atomic mass is 35.5. The first kappa shape index (κ1) is 22.3. The lowest BCUT2D eigenvalue weighted by molar-refractivity contribution is 0.109. The number of hydrogen-bond donors (Lipinski definition) is 2. The Bertz CT molecular complexity index is 950. The van der Waals surface area contributed by atoms with Crippen LogP contribution in [0.25, 0.3) is 5.70 Å². The molecule has 2 aromatic carbocycles. The molecule has 0 saturated carbocycles. The number of nitrogens with zero attached hydrogens (tertiary/aromatic N) is 2. The minimum absolute atomic E-state index is 0.0157. The second kappa shape index (κ2) is 9.33. The Kier molecular flexibility index (Phi) is 6.73. The van der Waals surface area contributed by atoms with Gasteiger partial charge in [0.15, 0.2) is 0 Å². The zero-order valence-electron chi connectivity index (χ0n) is 18.8. The highest BCUT2D eigenvalue weighted by molar-refractivity contribution is 6.31. The summed E-state index contributed by atoms with van der Waals surface area (Å²) in [4.78, 5) is 5.01. The molecule has 0 spiro atoms. The van der Waals surface area contributed by atoms with E-state index in [1.807, 2.05) is 12.1 Å². The fourth-order valence-electron chi connectivity index (χ4n) is 4.71. The van der Waals surface area contributed by atoms with Gasteiger partial charge in [0.1, 0.15) is 0 Å². The minimum atomic E-state index is -0.0157. The molecule has 2 N–H and O–H groups in total. The van der Waals surface area contributed by atoms with Gasteiger partial charge in [-0.05, 0) is 55.0 Å². The summed E-state index contributed by atoms with van der Waals surface area (Å²) in [6, 6.07) is 12.7. The SMILES string of the molecule is C=C(c1cccc2c1CN(C(C)(C)CCc1ccc(CO)c(Cl)c1)C2)N1CCNCC1. The molecule has 0 atom stereocenters. The number of hydrogen-bond acceptors (Lipinski definition) is 4. The lowest BCUT2D eigenvalue weighted by atomic mass is 9.93. The first-order valence-corrected chi connectivity index (χ1v) is 11.7. The van der Waals surface area contributed by atoms with Crippen molar-refractivity contribution in [2.24, 2.45) is 0 Å². The molecule has 0 amide bonds. The monoisotopic (exact) mass is 439 g/mol. The van der Waals surface area contributed by atoms with Crippen LogP contribution >= 0.6 is 11.6 Å². The summed E-state index contributed by atoms with van der Waals surface area (Å²) < 4.78 is 0. The van der Waals surface area contributed by atoms with E-state index in [-0.39, 0.29) is 12.1 Å². The van der Waals surface area contributed by atoms with E-state index in [1.54, 1.807) is 0 Å². The van der Waals surface area contributed by atoms with Gasteiger partial charge in [0.25, 0.3) is 0 Å². The topological polar surface area (TPSA) is 38.7 Å². The van der Waals surface area contributed by atoms with E-state index in [2.05, 4.69) is 59.8 Å². The van der Waals surface area contributed by atoms with Crippen LogP contribution < -0.4 is 5.32 Å². The van der Waals surface area contributed by atoms with Crippen LogP contribution in [-0.4, -0.2) is 46.6 Å². The van der Waals surface area contributed by atoms with Gasteiger partial charge in [0.2, 0.25) is 0 Å². The van der Waals surface area contributed by atoms with Crippen molar-refractivity contribution in [1.82, 2.24) is 15.1 Å². The summed E-state index contributed by atoms with van der Waals surface area (Å²) in [5, 5.41) is 13.4. The molecular formula is C26H34ClN3O. The van der Waals surface area contributed by atoms with Gasteiger partial charge in [0, 0.05) is 61.1 Å². The summed E-state index contributed by atoms with van der Waals surface area (Å²) in [7, 11) is 0. The first-order valence-electron chi connectivity index (χ1n) is 11.3. The van der Waals surface area contributed by atoms with Crippen molar-refractivity contribution in [3.05, 3.63) is 75.8 Å². The highest BCUT2D eigenvalue weighted by Gasteiger charge is 2.33. The predicted octanol–water partition coefficient (Wildman–Crippen LogP) is 4.44. The zero-order chi connectivity index (χ0) is 22.0. The molecule has 1 saturated heterocycles. The van der Waals surface area contributed by atoms with E-state index in [1.165, 1.54) is 22.3 Å². The van der Waals surface area contributed by atoms with Gasteiger partial charge in [-0.15, -0.1) is 0 Å². The van der Waals surface area contributed by atoms with Crippen molar-refractivity contribution in [2.75, 3.05) is 26.2 Å². The molecule has 0 unspecified atom stereocenters. The molecule has 1 fully saturated rings. The van der Waals surface area contributed by atoms with Crippen LogP contribution in [0.4, 0.5) is 0 Å². The molecule has 2 aliphatic heterocycles. The summed E-state index contributed by atoms with van der Waals surface area (Å²) in [5.41, 5.74) is 7.42. The third-order valence-corrected chi connectivity index (χ3v) is 7.31. The van der Waals surface area contributed by atoms with Crippen LogP contribution in [0.15, 0.2) is 43.0 Å². The fraction of sp³-hybridized carbons (Fsp3) is 0.462. The van der Waals surface area contributed by atoms with Crippen molar-refractivity contribution in [3.8, 4) is 0 Å². The molecule has 2 aromatic rings. The number of piperazine rings is 1.